The third kappa shape index (κ3) is 13.3. The molecule has 0 spiro atoms. The van der Waals surface area contributed by atoms with Crippen LogP contribution in [0.5, 0.6) is 5.75 Å². The van der Waals surface area contributed by atoms with Gasteiger partial charge in [0.2, 0.25) is 10.0 Å². The van der Waals surface area contributed by atoms with Crippen molar-refractivity contribution in [3.05, 3.63) is 76.8 Å². The standard InChI is InChI=1S/C44H63ClN5O6S/c1-13-36(56-37-24-17-29(43(8,9)14-2)27-33(37)44(10,11)15-3)40(52)48-31-20-23-34(45)35(28-31)49-41(53)38(39(51)42(5,6)7)47-30-18-21-32(22-19-30)50(16-4)26-25-46-57(12,54)55/h17-24,27-28,36,40,46,48H,13-16,25-26H2,1-12H3,(H,49,53). The summed E-state index contributed by atoms with van der Waals surface area (Å²) in [6.07, 6.45) is 1.34. The Hall–Kier alpha value is -3.97. The molecule has 1 amide bonds. The minimum atomic E-state index is -3.31. The molecule has 0 heterocycles. The predicted octanol–water partition coefficient (Wildman–Crippen LogP) is 9.44. The molecule has 11 nitrogen and oxygen atoms in total. The van der Waals surface area contributed by atoms with Gasteiger partial charge in [0, 0.05) is 42.0 Å². The Balaban J connectivity index is 1.87. The Morgan fingerprint density at radius 3 is 2.05 bits per heavy atom. The zero-order valence-corrected chi connectivity index (χ0v) is 37.4. The number of nitrogens with one attached hydrogen (secondary N) is 3. The third-order valence-electron chi connectivity index (χ3n) is 10.5. The zero-order valence-electron chi connectivity index (χ0n) is 35.8. The first-order chi connectivity index (χ1) is 26.5. The topological polar surface area (TPSA) is 149 Å². The number of carbonyl (C=O) groups is 2. The summed E-state index contributed by atoms with van der Waals surface area (Å²) in [5, 5.41) is 19.7. The average Bonchev–Trinajstić information content (AvgIpc) is 3.15. The van der Waals surface area contributed by atoms with Crippen molar-refractivity contribution < 1.29 is 27.9 Å². The molecule has 0 saturated heterocycles. The molecule has 0 saturated carbocycles. The van der Waals surface area contributed by atoms with Crippen LogP contribution in [0, 0.1) is 5.41 Å². The summed E-state index contributed by atoms with van der Waals surface area (Å²) in [7, 11) is -3.31. The fraction of sp³-hybridized carbons (Fsp3) is 0.523. The highest BCUT2D eigenvalue weighted by atomic mass is 35.5. The molecular formula is C44H63ClN5O6S. The van der Waals surface area contributed by atoms with Gasteiger partial charge in [-0.25, -0.2) is 23.2 Å². The van der Waals surface area contributed by atoms with E-state index in [-0.39, 0.29) is 33.8 Å². The highest BCUT2D eigenvalue weighted by Crippen LogP contribution is 2.39. The minimum absolute atomic E-state index is 0.00987. The second kappa shape index (κ2) is 19.7. The predicted molar refractivity (Wildman–Crippen MR) is 235 cm³/mol. The van der Waals surface area contributed by atoms with Gasteiger partial charge in [0.1, 0.15) is 11.9 Å². The number of sulfonamides is 1. The fourth-order valence-corrected chi connectivity index (χ4v) is 6.54. The van der Waals surface area contributed by atoms with Gasteiger partial charge in [-0.1, -0.05) is 93.0 Å². The monoisotopic (exact) mass is 824 g/mol. The summed E-state index contributed by atoms with van der Waals surface area (Å²) >= 11 is 6.55. The summed E-state index contributed by atoms with van der Waals surface area (Å²) in [5.41, 5.74) is 2.66. The van der Waals surface area contributed by atoms with Gasteiger partial charge in [-0.15, -0.1) is 0 Å². The van der Waals surface area contributed by atoms with E-state index in [1.807, 2.05) is 24.8 Å². The van der Waals surface area contributed by atoms with E-state index in [1.54, 1.807) is 63.2 Å². The van der Waals surface area contributed by atoms with Crippen molar-refractivity contribution in [1.29, 1.82) is 0 Å². The molecule has 3 aromatic carbocycles. The van der Waals surface area contributed by atoms with E-state index in [0.29, 0.717) is 36.6 Å². The van der Waals surface area contributed by atoms with Crippen molar-refractivity contribution in [2.24, 2.45) is 10.4 Å². The van der Waals surface area contributed by atoms with Crippen LogP contribution in [-0.2, 0) is 35.5 Å². The number of aliphatic imine (C=N–C) groups is 1. The number of anilines is 3. The second-order valence-electron chi connectivity index (χ2n) is 16.8. The molecule has 3 aromatic rings. The number of amides is 1. The molecule has 0 aliphatic heterocycles. The molecule has 57 heavy (non-hydrogen) atoms. The maximum absolute atomic E-state index is 13.8. The first-order valence-electron chi connectivity index (χ1n) is 19.7. The van der Waals surface area contributed by atoms with Crippen LogP contribution >= 0.6 is 11.6 Å². The molecule has 2 atom stereocenters. The number of hydrogen-bond acceptors (Lipinski definition) is 8. The van der Waals surface area contributed by atoms with Crippen LogP contribution in [0.25, 0.3) is 0 Å². The molecule has 0 bridgehead atoms. The number of ketones is 1. The lowest BCUT2D eigenvalue weighted by Gasteiger charge is -2.32. The average molecular weight is 826 g/mol. The van der Waals surface area contributed by atoms with E-state index in [0.717, 1.165) is 30.3 Å². The summed E-state index contributed by atoms with van der Waals surface area (Å²) in [6.45, 7) is 23.4. The summed E-state index contributed by atoms with van der Waals surface area (Å²) in [4.78, 5) is 33.9. The number of ether oxygens (including phenoxy) is 1. The molecule has 0 aliphatic rings. The smallest absolute Gasteiger partial charge is 0.278 e. The molecule has 1 radical (unpaired) electrons. The SMILES string of the molecule is CCC(Oc1ccc(C(C)(C)CC)cc1C(C)(C)CC)C([O])Nc1ccc(Cl)c(NC(=O)C(=Nc2ccc(N(CC)CCNS(C)(=O)=O)cc2)C(=O)C(C)(C)C)c1. The van der Waals surface area contributed by atoms with Crippen LogP contribution in [-0.4, -0.2) is 64.0 Å². The normalized spacial score (nSPS) is 13.8. The van der Waals surface area contributed by atoms with Gasteiger partial charge < -0.3 is 20.3 Å². The number of likely N-dealkylation sites (N-methyl/N-ethyl adjacent to an activating group) is 1. The van der Waals surface area contributed by atoms with Crippen LogP contribution in [0.4, 0.5) is 22.7 Å². The Morgan fingerprint density at radius 1 is 0.877 bits per heavy atom. The van der Waals surface area contributed by atoms with Crippen molar-refractivity contribution in [3.8, 4) is 5.75 Å². The van der Waals surface area contributed by atoms with Crippen LogP contribution in [0.1, 0.15) is 107 Å². The first-order valence-corrected chi connectivity index (χ1v) is 22.0. The highest BCUT2D eigenvalue weighted by molar-refractivity contribution is 7.88. The van der Waals surface area contributed by atoms with Crippen LogP contribution in [0.3, 0.4) is 0 Å². The quantitative estimate of drug-likeness (QED) is 0.0584. The van der Waals surface area contributed by atoms with Crippen molar-refractivity contribution in [1.82, 2.24) is 4.72 Å². The molecule has 13 heteroatoms. The number of Topliss-reactive ketones (excluding diaryl/α,β-unsaturated/α-hetero) is 1. The summed E-state index contributed by atoms with van der Waals surface area (Å²) in [6, 6.07) is 18.0. The highest BCUT2D eigenvalue weighted by Gasteiger charge is 2.32. The molecule has 313 valence electrons. The van der Waals surface area contributed by atoms with E-state index < -0.39 is 39.5 Å². The fourth-order valence-electron chi connectivity index (χ4n) is 5.91. The molecule has 2 unspecified atom stereocenters. The number of nitrogens with zero attached hydrogens (tertiary/aromatic N) is 2. The van der Waals surface area contributed by atoms with Gasteiger partial charge in [0.15, 0.2) is 17.7 Å². The number of halogens is 1. The first kappa shape index (κ1) is 47.4. The van der Waals surface area contributed by atoms with E-state index in [9.17, 15) is 23.1 Å². The van der Waals surface area contributed by atoms with Crippen LogP contribution in [0.15, 0.2) is 65.7 Å². The molecule has 0 fully saturated rings. The van der Waals surface area contributed by atoms with Crippen molar-refractivity contribution in [3.63, 3.8) is 0 Å². The van der Waals surface area contributed by atoms with Gasteiger partial charge in [-0.05, 0) is 91.1 Å². The van der Waals surface area contributed by atoms with Crippen LogP contribution < -0.4 is 25.0 Å². The Bertz CT molecular complexity index is 1990. The lowest BCUT2D eigenvalue weighted by molar-refractivity contribution is -0.121. The van der Waals surface area contributed by atoms with Gasteiger partial charge >= 0.3 is 0 Å². The Kier molecular flexibility index (Phi) is 16.3. The van der Waals surface area contributed by atoms with Gasteiger partial charge in [0.25, 0.3) is 5.91 Å². The number of carbonyl (C=O) groups excluding carboxylic acids is 2. The van der Waals surface area contributed by atoms with E-state index >= 15 is 0 Å². The van der Waals surface area contributed by atoms with E-state index in [1.165, 1.54) is 5.56 Å². The molecule has 3 rings (SSSR count). The van der Waals surface area contributed by atoms with Gasteiger partial charge in [0.05, 0.1) is 22.7 Å². The second-order valence-corrected chi connectivity index (χ2v) is 19.0. The van der Waals surface area contributed by atoms with Gasteiger partial charge in [-0.3, -0.25) is 9.59 Å². The van der Waals surface area contributed by atoms with Gasteiger partial charge in [-0.2, -0.15) is 0 Å². The zero-order chi connectivity index (χ0) is 42.9. The van der Waals surface area contributed by atoms with Crippen molar-refractivity contribution >= 4 is 61.8 Å². The summed E-state index contributed by atoms with van der Waals surface area (Å²) in [5.74, 6) is -0.545. The minimum Gasteiger partial charge on any atom is -0.485 e. The molecular weight excluding hydrogens is 762 g/mol. The van der Waals surface area contributed by atoms with Crippen LogP contribution in [0.2, 0.25) is 5.02 Å². The van der Waals surface area contributed by atoms with Crippen molar-refractivity contribution in [2.45, 2.75) is 119 Å². The number of rotatable bonds is 20. The Labute approximate surface area is 346 Å². The largest absolute Gasteiger partial charge is 0.485 e. The molecule has 3 N–H and O–H groups in total. The molecule has 0 aromatic heterocycles. The number of hydrogen-bond donors (Lipinski definition) is 3. The third-order valence-corrected chi connectivity index (χ3v) is 11.6. The lowest BCUT2D eigenvalue weighted by atomic mass is 9.76. The van der Waals surface area contributed by atoms with Crippen molar-refractivity contribution in [2.75, 3.05) is 41.4 Å². The molecule has 0 aliphatic carbocycles. The maximum atomic E-state index is 13.8. The maximum Gasteiger partial charge on any atom is 0.278 e. The number of benzene rings is 3. The summed E-state index contributed by atoms with van der Waals surface area (Å²) < 4.78 is 32.0. The lowest BCUT2D eigenvalue weighted by Crippen LogP contribution is -2.37. The van der Waals surface area contributed by atoms with E-state index in [4.69, 9.17) is 16.3 Å². The van der Waals surface area contributed by atoms with E-state index in [2.05, 4.69) is 74.0 Å². The Morgan fingerprint density at radius 2 is 1.51 bits per heavy atom.